The lowest BCUT2D eigenvalue weighted by molar-refractivity contribution is 0.108. The molecule has 2 rings (SSSR count). The van der Waals surface area contributed by atoms with Crippen LogP contribution in [0.3, 0.4) is 0 Å². The number of nitriles is 1. The quantitative estimate of drug-likeness (QED) is 0.896. The summed E-state index contributed by atoms with van der Waals surface area (Å²) in [5, 5.41) is 13.0. The van der Waals surface area contributed by atoms with Crippen molar-refractivity contribution in [2.24, 2.45) is 0 Å². The number of nitrogens with one attached hydrogen (secondary N) is 1. The molecule has 1 fully saturated rings. The first-order valence-electron chi connectivity index (χ1n) is 5.72. The molecule has 17 heavy (non-hydrogen) atoms. The lowest BCUT2D eigenvalue weighted by Crippen LogP contribution is -2.18. The molecule has 4 heteroatoms. The summed E-state index contributed by atoms with van der Waals surface area (Å²) in [5.74, 6) is 0. The Morgan fingerprint density at radius 3 is 2.94 bits per heavy atom. The molecular formula is C13H15ClN2O. The Balaban J connectivity index is 2.12. The van der Waals surface area contributed by atoms with Gasteiger partial charge in [0.2, 0.25) is 0 Å². The van der Waals surface area contributed by atoms with Crippen molar-refractivity contribution in [3.8, 4) is 6.07 Å². The molecule has 0 spiro atoms. The number of nitrogens with zero attached hydrogens (tertiary/aromatic N) is 1. The van der Waals surface area contributed by atoms with Gasteiger partial charge in [-0.2, -0.15) is 5.26 Å². The van der Waals surface area contributed by atoms with Gasteiger partial charge in [0.25, 0.3) is 0 Å². The van der Waals surface area contributed by atoms with Crippen LogP contribution < -0.4 is 5.32 Å². The van der Waals surface area contributed by atoms with E-state index in [0.29, 0.717) is 22.7 Å². The average molecular weight is 251 g/mol. The van der Waals surface area contributed by atoms with Gasteiger partial charge < -0.3 is 10.1 Å². The molecule has 0 heterocycles. The summed E-state index contributed by atoms with van der Waals surface area (Å²) >= 11 is 6.11. The Hall–Kier alpha value is -1.24. The van der Waals surface area contributed by atoms with Crippen LogP contribution in [0.25, 0.3) is 0 Å². The molecule has 1 saturated carbocycles. The normalized spacial score (nSPS) is 23.4. The second-order valence-electron chi connectivity index (χ2n) is 4.29. The molecule has 1 aromatic carbocycles. The van der Waals surface area contributed by atoms with E-state index in [4.69, 9.17) is 21.6 Å². The van der Waals surface area contributed by atoms with Gasteiger partial charge in [0.15, 0.2) is 0 Å². The van der Waals surface area contributed by atoms with Crippen molar-refractivity contribution >= 4 is 17.3 Å². The summed E-state index contributed by atoms with van der Waals surface area (Å²) in [4.78, 5) is 0. The van der Waals surface area contributed by atoms with E-state index in [-0.39, 0.29) is 0 Å². The first kappa shape index (κ1) is 12.2. The van der Waals surface area contributed by atoms with Crippen molar-refractivity contribution in [2.45, 2.75) is 31.4 Å². The van der Waals surface area contributed by atoms with E-state index in [0.717, 1.165) is 24.9 Å². The number of ether oxygens (including phenoxy) is 1. The Labute approximate surface area is 106 Å². The highest BCUT2D eigenvalue weighted by Gasteiger charge is 2.25. The smallest absolute Gasteiger partial charge is 0.101 e. The van der Waals surface area contributed by atoms with Gasteiger partial charge in [-0.15, -0.1) is 0 Å². The SMILES string of the molecule is COC1CCC(Nc2c(Cl)cccc2C#N)C1. The minimum absolute atomic E-state index is 0.320. The minimum Gasteiger partial charge on any atom is -0.381 e. The third-order valence-electron chi connectivity index (χ3n) is 3.20. The third-order valence-corrected chi connectivity index (χ3v) is 3.52. The molecule has 1 aromatic rings. The molecule has 1 aliphatic carbocycles. The van der Waals surface area contributed by atoms with Crippen LogP contribution in [0.5, 0.6) is 0 Å². The summed E-state index contributed by atoms with van der Waals surface area (Å²) in [6, 6.07) is 7.86. The number of para-hydroxylation sites is 1. The highest BCUT2D eigenvalue weighted by molar-refractivity contribution is 6.33. The van der Waals surface area contributed by atoms with E-state index in [1.807, 2.05) is 0 Å². The second-order valence-corrected chi connectivity index (χ2v) is 4.69. The Morgan fingerprint density at radius 1 is 1.47 bits per heavy atom. The largest absolute Gasteiger partial charge is 0.381 e. The molecule has 0 aliphatic heterocycles. The molecule has 0 bridgehead atoms. The van der Waals surface area contributed by atoms with E-state index in [1.54, 1.807) is 25.3 Å². The van der Waals surface area contributed by atoms with Gasteiger partial charge >= 0.3 is 0 Å². The zero-order valence-corrected chi connectivity index (χ0v) is 10.5. The maximum Gasteiger partial charge on any atom is 0.101 e. The van der Waals surface area contributed by atoms with Crippen LogP contribution in [0.4, 0.5) is 5.69 Å². The molecular weight excluding hydrogens is 236 g/mol. The fourth-order valence-electron chi connectivity index (χ4n) is 2.25. The Morgan fingerprint density at radius 2 is 2.29 bits per heavy atom. The van der Waals surface area contributed by atoms with Crippen LogP contribution in [-0.2, 0) is 4.74 Å². The molecule has 0 radical (unpaired) electrons. The topological polar surface area (TPSA) is 45.0 Å². The zero-order chi connectivity index (χ0) is 12.3. The lowest BCUT2D eigenvalue weighted by atomic mass is 10.1. The van der Waals surface area contributed by atoms with Gasteiger partial charge in [0, 0.05) is 13.2 Å². The minimum atomic E-state index is 0.320. The van der Waals surface area contributed by atoms with Crippen LogP contribution in [-0.4, -0.2) is 19.3 Å². The van der Waals surface area contributed by atoms with Gasteiger partial charge in [-0.3, -0.25) is 0 Å². The number of methoxy groups -OCH3 is 1. The number of halogens is 1. The van der Waals surface area contributed by atoms with E-state index >= 15 is 0 Å². The van der Waals surface area contributed by atoms with Gasteiger partial charge in [-0.25, -0.2) is 0 Å². The van der Waals surface area contributed by atoms with Gasteiger partial charge in [0.1, 0.15) is 6.07 Å². The number of rotatable bonds is 3. The summed E-state index contributed by atoms with van der Waals surface area (Å²) in [5.41, 5.74) is 1.34. The molecule has 0 saturated heterocycles. The van der Waals surface area contributed by atoms with Crippen molar-refractivity contribution in [1.29, 1.82) is 5.26 Å². The monoisotopic (exact) mass is 250 g/mol. The molecule has 2 unspecified atom stereocenters. The van der Waals surface area contributed by atoms with Crippen molar-refractivity contribution in [1.82, 2.24) is 0 Å². The van der Waals surface area contributed by atoms with Gasteiger partial charge in [0.05, 0.1) is 22.4 Å². The summed E-state index contributed by atoms with van der Waals surface area (Å²) in [7, 11) is 1.74. The van der Waals surface area contributed by atoms with Crippen LogP contribution >= 0.6 is 11.6 Å². The van der Waals surface area contributed by atoms with Crippen LogP contribution in [0.15, 0.2) is 18.2 Å². The predicted molar refractivity (Wildman–Crippen MR) is 68.2 cm³/mol. The maximum atomic E-state index is 9.04. The first-order chi connectivity index (χ1) is 8.24. The summed E-state index contributed by atoms with van der Waals surface area (Å²) in [6.45, 7) is 0. The highest BCUT2D eigenvalue weighted by atomic mass is 35.5. The number of benzene rings is 1. The maximum absolute atomic E-state index is 9.04. The highest BCUT2D eigenvalue weighted by Crippen LogP contribution is 2.30. The van der Waals surface area contributed by atoms with Crippen molar-refractivity contribution in [2.75, 3.05) is 12.4 Å². The average Bonchev–Trinajstić information content (AvgIpc) is 2.79. The van der Waals surface area contributed by atoms with Gasteiger partial charge in [-0.05, 0) is 31.4 Å². The van der Waals surface area contributed by atoms with Gasteiger partial charge in [-0.1, -0.05) is 17.7 Å². The van der Waals surface area contributed by atoms with Crippen molar-refractivity contribution in [3.63, 3.8) is 0 Å². The van der Waals surface area contributed by atoms with E-state index in [9.17, 15) is 0 Å². The molecule has 1 aliphatic rings. The van der Waals surface area contributed by atoms with Crippen LogP contribution in [0, 0.1) is 11.3 Å². The lowest BCUT2D eigenvalue weighted by Gasteiger charge is -2.16. The summed E-state index contributed by atoms with van der Waals surface area (Å²) in [6.07, 6.45) is 3.39. The first-order valence-corrected chi connectivity index (χ1v) is 6.10. The molecule has 0 amide bonds. The van der Waals surface area contributed by atoms with Crippen LogP contribution in [0.1, 0.15) is 24.8 Å². The molecule has 1 N–H and O–H groups in total. The fourth-order valence-corrected chi connectivity index (χ4v) is 2.48. The molecule has 3 nitrogen and oxygen atoms in total. The Kier molecular flexibility index (Phi) is 3.88. The standard InChI is InChI=1S/C13H15ClN2O/c1-17-11-6-5-10(7-11)16-13-9(8-15)3-2-4-12(13)14/h2-4,10-11,16H,5-7H2,1H3. The van der Waals surface area contributed by atoms with Crippen LogP contribution in [0.2, 0.25) is 5.02 Å². The van der Waals surface area contributed by atoms with E-state index < -0.39 is 0 Å². The number of anilines is 1. The van der Waals surface area contributed by atoms with E-state index in [2.05, 4.69) is 11.4 Å². The summed E-state index contributed by atoms with van der Waals surface area (Å²) < 4.78 is 5.33. The second kappa shape index (κ2) is 5.39. The van der Waals surface area contributed by atoms with E-state index in [1.165, 1.54) is 0 Å². The molecule has 0 aromatic heterocycles. The number of hydrogen-bond donors (Lipinski definition) is 1. The number of hydrogen-bond acceptors (Lipinski definition) is 3. The molecule has 90 valence electrons. The third kappa shape index (κ3) is 2.71. The van der Waals surface area contributed by atoms with Crippen molar-refractivity contribution in [3.05, 3.63) is 28.8 Å². The Bertz CT molecular complexity index is 442. The predicted octanol–water partition coefficient (Wildman–Crippen LogP) is 3.19. The fraction of sp³-hybridized carbons (Fsp3) is 0.462. The molecule has 2 atom stereocenters. The zero-order valence-electron chi connectivity index (χ0n) is 9.74. The van der Waals surface area contributed by atoms with Crippen molar-refractivity contribution < 1.29 is 4.74 Å².